The molecule has 1 aromatic rings. The van der Waals surface area contributed by atoms with Crippen LogP contribution in [0.15, 0.2) is 40.8 Å². The Bertz CT molecular complexity index is 620. The van der Waals surface area contributed by atoms with Gasteiger partial charge in [-0.25, -0.2) is 13.1 Å². The molecule has 0 bridgehead atoms. The summed E-state index contributed by atoms with van der Waals surface area (Å²) >= 11 is 0. The summed E-state index contributed by atoms with van der Waals surface area (Å²) in [6, 6.07) is 4.87. The van der Waals surface area contributed by atoms with Gasteiger partial charge in [0.1, 0.15) is 0 Å². The van der Waals surface area contributed by atoms with Crippen LogP contribution < -0.4 is 4.72 Å². The number of nitrogens with one attached hydrogen (secondary N) is 1. The van der Waals surface area contributed by atoms with E-state index in [1.807, 2.05) is 0 Å². The number of non-ortho nitro benzene ring substituents is 1. The summed E-state index contributed by atoms with van der Waals surface area (Å²) in [5.41, 5.74) is 0.973. The lowest BCUT2D eigenvalue weighted by atomic mass is 10.0. The van der Waals surface area contributed by atoms with Crippen LogP contribution in [0.4, 0.5) is 5.69 Å². The fraction of sp³-hybridized carbons (Fsp3) is 0.385. The summed E-state index contributed by atoms with van der Waals surface area (Å²) in [5.74, 6) is 0. The number of hydrogen-bond acceptors (Lipinski definition) is 4. The van der Waals surface area contributed by atoms with Gasteiger partial charge >= 0.3 is 0 Å². The van der Waals surface area contributed by atoms with E-state index in [4.69, 9.17) is 0 Å². The van der Waals surface area contributed by atoms with Crippen molar-refractivity contribution in [3.8, 4) is 0 Å². The minimum Gasteiger partial charge on any atom is -0.258 e. The topological polar surface area (TPSA) is 89.3 Å². The van der Waals surface area contributed by atoms with E-state index in [1.165, 1.54) is 24.3 Å². The molecular weight excluding hydrogens is 280 g/mol. The summed E-state index contributed by atoms with van der Waals surface area (Å²) in [5, 5.41) is 10.5. The molecule has 1 aromatic carbocycles. The highest BCUT2D eigenvalue weighted by atomic mass is 32.2. The number of sulfonamides is 1. The molecule has 0 saturated heterocycles. The zero-order valence-corrected chi connectivity index (χ0v) is 11.7. The van der Waals surface area contributed by atoms with Crippen LogP contribution >= 0.6 is 0 Å². The van der Waals surface area contributed by atoms with Crippen LogP contribution in [0.25, 0.3) is 0 Å². The van der Waals surface area contributed by atoms with Crippen molar-refractivity contribution in [1.29, 1.82) is 0 Å². The lowest BCUT2D eigenvalue weighted by Crippen LogP contribution is -2.26. The Labute approximate surface area is 117 Å². The van der Waals surface area contributed by atoms with Crippen molar-refractivity contribution in [2.75, 3.05) is 6.54 Å². The van der Waals surface area contributed by atoms with Gasteiger partial charge in [0.05, 0.1) is 9.82 Å². The Kier molecular flexibility index (Phi) is 4.51. The fourth-order valence-electron chi connectivity index (χ4n) is 2.08. The normalized spacial score (nSPS) is 15.7. The van der Waals surface area contributed by atoms with Gasteiger partial charge in [0.15, 0.2) is 0 Å². The molecular formula is C13H16N2O4S. The first kappa shape index (κ1) is 14.7. The minimum atomic E-state index is -3.62. The summed E-state index contributed by atoms with van der Waals surface area (Å²) in [4.78, 5) is 10.0. The minimum absolute atomic E-state index is 0.0412. The van der Waals surface area contributed by atoms with Gasteiger partial charge in [-0.2, -0.15) is 0 Å². The second-order valence-electron chi connectivity index (χ2n) is 4.68. The first-order valence-corrected chi connectivity index (χ1v) is 7.89. The van der Waals surface area contributed by atoms with Crippen LogP contribution in [-0.4, -0.2) is 19.9 Å². The standard InChI is InChI=1S/C13H16N2O4S/c16-15(17)12-6-8-13(9-7-12)20(18,19)14-10-11-4-2-1-3-5-11/h4,6-9,14H,1-3,5,10H2. The number of rotatable bonds is 5. The van der Waals surface area contributed by atoms with Gasteiger partial charge in [0.25, 0.3) is 5.69 Å². The largest absolute Gasteiger partial charge is 0.269 e. The van der Waals surface area contributed by atoms with E-state index >= 15 is 0 Å². The molecule has 1 N–H and O–H groups in total. The Morgan fingerprint density at radius 1 is 1.20 bits per heavy atom. The van der Waals surface area contributed by atoms with Crippen molar-refractivity contribution in [2.24, 2.45) is 0 Å². The average molecular weight is 296 g/mol. The molecule has 0 unspecified atom stereocenters. The molecule has 20 heavy (non-hydrogen) atoms. The van der Waals surface area contributed by atoms with Crippen molar-refractivity contribution in [2.45, 2.75) is 30.6 Å². The lowest BCUT2D eigenvalue weighted by molar-refractivity contribution is -0.384. The molecule has 1 aliphatic carbocycles. The van der Waals surface area contributed by atoms with E-state index in [9.17, 15) is 18.5 Å². The maximum absolute atomic E-state index is 12.0. The second kappa shape index (κ2) is 6.15. The van der Waals surface area contributed by atoms with Crippen LogP contribution in [0.1, 0.15) is 25.7 Å². The average Bonchev–Trinajstić information content (AvgIpc) is 2.46. The quantitative estimate of drug-likeness (QED) is 0.513. The Balaban J connectivity index is 2.05. The van der Waals surface area contributed by atoms with Gasteiger partial charge in [0, 0.05) is 18.7 Å². The van der Waals surface area contributed by atoms with Gasteiger partial charge in [-0.3, -0.25) is 10.1 Å². The molecule has 7 heteroatoms. The van der Waals surface area contributed by atoms with Crippen LogP contribution in [0, 0.1) is 10.1 Å². The van der Waals surface area contributed by atoms with E-state index in [2.05, 4.69) is 10.8 Å². The Hall–Kier alpha value is -1.73. The maximum Gasteiger partial charge on any atom is 0.269 e. The van der Waals surface area contributed by atoms with E-state index in [0.29, 0.717) is 6.54 Å². The monoisotopic (exact) mass is 296 g/mol. The predicted octanol–water partition coefficient (Wildman–Crippen LogP) is 2.37. The van der Waals surface area contributed by atoms with Crippen molar-refractivity contribution < 1.29 is 13.3 Å². The van der Waals surface area contributed by atoms with Crippen LogP contribution in [0.2, 0.25) is 0 Å². The van der Waals surface area contributed by atoms with E-state index < -0.39 is 14.9 Å². The molecule has 0 spiro atoms. The number of benzene rings is 1. The van der Waals surface area contributed by atoms with Crippen LogP contribution in [-0.2, 0) is 10.0 Å². The Morgan fingerprint density at radius 2 is 1.90 bits per heavy atom. The summed E-state index contributed by atoms with van der Waals surface area (Å²) in [7, 11) is -3.62. The summed E-state index contributed by atoms with van der Waals surface area (Å²) in [6.45, 7) is 0.305. The Morgan fingerprint density at radius 3 is 2.45 bits per heavy atom. The molecule has 108 valence electrons. The molecule has 0 saturated carbocycles. The highest BCUT2D eigenvalue weighted by molar-refractivity contribution is 7.89. The first-order chi connectivity index (χ1) is 9.49. The van der Waals surface area contributed by atoms with Gasteiger partial charge in [-0.15, -0.1) is 0 Å². The molecule has 6 nitrogen and oxygen atoms in total. The molecule has 1 aliphatic rings. The van der Waals surface area contributed by atoms with Gasteiger partial charge in [-0.1, -0.05) is 11.6 Å². The zero-order chi connectivity index (χ0) is 14.6. The van der Waals surface area contributed by atoms with Crippen molar-refractivity contribution in [1.82, 2.24) is 4.72 Å². The highest BCUT2D eigenvalue weighted by Gasteiger charge is 2.16. The summed E-state index contributed by atoms with van der Waals surface area (Å²) in [6.07, 6.45) is 6.23. The molecule has 0 aliphatic heterocycles. The number of hydrogen-bond donors (Lipinski definition) is 1. The molecule has 2 rings (SSSR count). The maximum atomic E-state index is 12.0. The van der Waals surface area contributed by atoms with Gasteiger partial charge in [0.2, 0.25) is 10.0 Å². The zero-order valence-electron chi connectivity index (χ0n) is 10.9. The van der Waals surface area contributed by atoms with E-state index in [0.717, 1.165) is 31.3 Å². The lowest BCUT2D eigenvalue weighted by Gasteiger charge is -2.13. The number of allylic oxidation sites excluding steroid dienone is 1. The highest BCUT2D eigenvalue weighted by Crippen LogP contribution is 2.18. The van der Waals surface area contributed by atoms with Crippen LogP contribution in [0.5, 0.6) is 0 Å². The summed E-state index contributed by atoms with van der Waals surface area (Å²) < 4.78 is 26.6. The van der Waals surface area contributed by atoms with Crippen molar-refractivity contribution >= 4 is 15.7 Å². The predicted molar refractivity (Wildman–Crippen MR) is 74.8 cm³/mol. The number of nitro groups is 1. The molecule has 0 aromatic heterocycles. The molecule has 0 atom stereocenters. The van der Waals surface area contributed by atoms with Gasteiger partial charge in [-0.05, 0) is 37.8 Å². The SMILES string of the molecule is O=[N+]([O-])c1ccc(S(=O)(=O)NCC2=CCCCC2)cc1. The van der Waals surface area contributed by atoms with Crippen LogP contribution in [0.3, 0.4) is 0 Å². The molecule has 0 heterocycles. The van der Waals surface area contributed by atoms with Crippen molar-refractivity contribution in [3.05, 3.63) is 46.0 Å². The second-order valence-corrected chi connectivity index (χ2v) is 6.45. The smallest absolute Gasteiger partial charge is 0.258 e. The molecule has 0 radical (unpaired) electrons. The molecule has 0 fully saturated rings. The third-order valence-electron chi connectivity index (χ3n) is 3.23. The third kappa shape index (κ3) is 3.64. The van der Waals surface area contributed by atoms with E-state index in [-0.39, 0.29) is 10.6 Å². The third-order valence-corrected chi connectivity index (χ3v) is 4.65. The van der Waals surface area contributed by atoms with Gasteiger partial charge < -0.3 is 0 Å². The number of nitro benzene ring substituents is 1. The molecule has 0 amide bonds. The number of nitrogens with zero attached hydrogens (tertiary/aromatic N) is 1. The first-order valence-electron chi connectivity index (χ1n) is 6.41. The van der Waals surface area contributed by atoms with E-state index in [1.54, 1.807) is 0 Å². The fourth-order valence-corrected chi connectivity index (χ4v) is 3.12. The van der Waals surface area contributed by atoms with Crippen molar-refractivity contribution in [3.63, 3.8) is 0 Å².